The summed E-state index contributed by atoms with van der Waals surface area (Å²) >= 11 is 0. The van der Waals surface area contributed by atoms with Crippen LogP contribution in [0.25, 0.3) is 10.8 Å². The van der Waals surface area contributed by atoms with Gasteiger partial charge in [0.2, 0.25) is 0 Å². The Morgan fingerprint density at radius 2 is 1.35 bits per heavy atom. The average Bonchev–Trinajstić information content (AvgIpc) is 2.85. The Labute approximate surface area is 215 Å². The lowest BCUT2D eigenvalue weighted by atomic mass is 10.1. The molecule has 0 aliphatic rings. The summed E-state index contributed by atoms with van der Waals surface area (Å²) in [5.74, 6) is -1.50. The van der Waals surface area contributed by atoms with Gasteiger partial charge >= 0.3 is 5.97 Å². The van der Waals surface area contributed by atoms with Crippen molar-refractivity contribution in [1.29, 1.82) is 0 Å². The van der Waals surface area contributed by atoms with Crippen LogP contribution in [0.5, 0.6) is 0 Å². The van der Waals surface area contributed by atoms with Gasteiger partial charge in [0.1, 0.15) is 6.04 Å². The van der Waals surface area contributed by atoms with E-state index in [0.29, 0.717) is 5.39 Å². The Hall–Kier alpha value is -3.96. The van der Waals surface area contributed by atoms with Crippen LogP contribution in [0.15, 0.2) is 88.8 Å². The molecule has 37 heavy (non-hydrogen) atoms. The molecular formula is C26H25N3O6S2. The second-order valence-electron chi connectivity index (χ2n) is 8.59. The zero-order valence-corrected chi connectivity index (χ0v) is 21.9. The third kappa shape index (κ3) is 5.13. The summed E-state index contributed by atoms with van der Waals surface area (Å²) in [4.78, 5) is 16.2. The van der Waals surface area contributed by atoms with Gasteiger partial charge in [0.15, 0.2) is 5.82 Å². The lowest BCUT2D eigenvalue weighted by molar-refractivity contribution is -0.137. The fourth-order valence-corrected chi connectivity index (χ4v) is 6.44. The van der Waals surface area contributed by atoms with Crippen molar-refractivity contribution in [3.8, 4) is 0 Å². The Bertz CT molecular complexity index is 1690. The number of nitrogens with zero attached hydrogens (tertiary/aromatic N) is 2. The number of sulfonamides is 2. The number of aromatic nitrogens is 1. The summed E-state index contributed by atoms with van der Waals surface area (Å²) < 4.78 is 56.7. The van der Waals surface area contributed by atoms with Gasteiger partial charge in [-0.1, -0.05) is 59.7 Å². The van der Waals surface area contributed by atoms with Crippen molar-refractivity contribution in [3.05, 3.63) is 90.1 Å². The molecule has 4 rings (SSSR count). The van der Waals surface area contributed by atoms with Crippen LogP contribution in [-0.2, 0) is 24.8 Å². The Morgan fingerprint density at radius 1 is 0.838 bits per heavy atom. The number of aryl methyl sites for hydroxylation is 2. The highest BCUT2D eigenvalue weighted by Crippen LogP contribution is 2.35. The van der Waals surface area contributed by atoms with Crippen molar-refractivity contribution in [1.82, 2.24) is 4.98 Å². The number of rotatable bonds is 8. The van der Waals surface area contributed by atoms with Crippen LogP contribution < -0.4 is 9.03 Å². The van der Waals surface area contributed by atoms with E-state index in [4.69, 9.17) is 0 Å². The van der Waals surface area contributed by atoms with E-state index >= 15 is 0 Å². The first-order valence-corrected chi connectivity index (χ1v) is 14.2. The van der Waals surface area contributed by atoms with Gasteiger partial charge in [-0.15, -0.1) is 0 Å². The summed E-state index contributed by atoms with van der Waals surface area (Å²) in [5.41, 5.74) is 1.86. The van der Waals surface area contributed by atoms with E-state index in [9.17, 15) is 26.7 Å². The van der Waals surface area contributed by atoms with Crippen LogP contribution in [-0.4, -0.2) is 38.9 Å². The number of hydrogen-bond donors (Lipinski definition) is 2. The maximum Gasteiger partial charge on any atom is 0.327 e. The first-order valence-electron chi connectivity index (χ1n) is 11.2. The van der Waals surface area contributed by atoms with Gasteiger partial charge in [0.05, 0.1) is 21.7 Å². The minimum absolute atomic E-state index is 0.0503. The largest absolute Gasteiger partial charge is 0.480 e. The standard InChI is InChI=1S/C26H25N3O6S2/c1-17-8-12-20(13-9-17)36(32,33)28-24-16-27-25(23-7-5-4-6-22(23)24)29(19(3)26(30)31)37(34,35)21-14-10-18(2)11-15-21/h4-16,19,28H,1-3H3,(H,30,31). The van der Waals surface area contributed by atoms with Crippen LogP contribution in [0, 0.1) is 13.8 Å². The fourth-order valence-electron chi connectivity index (χ4n) is 3.79. The molecule has 0 bridgehead atoms. The lowest BCUT2D eigenvalue weighted by Gasteiger charge is -2.28. The minimum atomic E-state index is -4.35. The molecule has 0 saturated heterocycles. The number of carbonyl (C=O) groups is 1. The number of hydrogen-bond acceptors (Lipinski definition) is 6. The maximum atomic E-state index is 13.7. The first-order chi connectivity index (χ1) is 17.4. The average molecular weight is 540 g/mol. The van der Waals surface area contributed by atoms with Gasteiger partial charge in [-0.25, -0.2) is 30.9 Å². The highest BCUT2D eigenvalue weighted by atomic mass is 32.2. The quantitative estimate of drug-likeness (QED) is 0.341. The number of fused-ring (bicyclic) bond motifs is 1. The Balaban J connectivity index is 1.88. The molecule has 1 unspecified atom stereocenters. The zero-order valence-electron chi connectivity index (χ0n) is 20.3. The molecule has 9 nitrogen and oxygen atoms in total. The molecule has 0 fully saturated rings. The molecular weight excluding hydrogens is 514 g/mol. The van der Waals surface area contributed by atoms with Crippen LogP contribution in [0.4, 0.5) is 11.5 Å². The molecule has 1 aromatic heterocycles. The summed E-state index contributed by atoms with van der Waals surface area (Å²) in [7, 11) is -8.33. The maximum absolute atomic E-state index is 13.7. The molecule has 192 valence electrons. The van der Waals surface area contributed by atoms with Gasteiger partial charge < -0.3 is 5.11 Å². The van der Waals surface area contributed by atoms with E-state index in [-0.39, 0.29) is 26.7 Å². The monoisotopic (exact) mass is 539 g/mol. The van der Waals surface area contributed by atoms with Crippen LogP contribution >= 0.6 is 0 Å². The predicted molar refractivity (Wildman–Crippen MR) is 142 cm³/mol. The van der Waals surface area contributed by atoms with Gasteiger partial charge in [-0.3, -0.25) is 4.72 Å². The number of benzene rings is 3. The number of carboxylic acid groups (broad SMARTS) is 1. The number of aliphatic carboxylic acids is 1. The molecule has 0 aliphatic carbocycles. The topological polar surface area (TPSA) is 134 Å². The van der Waals surface area contributed by atoms with Crippen molar-refractivity contribution >= 4 is 48.3 Å². The van der Waals surface area contributed by atoms with Gasteiger partial charge in [0, 0.05) is 10.8 Å². The molecule has 11 heteroatoms. The van der Waals surface area contributed by atoms with Crippen molar-refractivity contribution < 1.29 is 26.7 Å². The van der Waals surface area contributed by atoms with Crippen molar-refractivity contribution in [2.45, 2.75) is 36.6 Å². The molecule has 0 aliphatic heterocycles. The van der Waals surface area contributed by atoms with Gasteiger partial charge in [0.25, 0.3) is 20.0 Å². The van der Waals surface area contributed by atoms with Crippen LogP contribution in [0.1, 0.15) is 18.1 Å². The molecule has 4 aromatic rings. The number of anilines is 2. The first kappa shape index (κ1) is 26.1. The van der Waals surface area contributed by atoms with Crippen molar-refractivity contribution in [2.24, 2.45) is 0 Å². The SMILES string of the molecule is Cc1ccc(S(=O)(=O)Nc2cnc(N(C(C)C(=O)O)S(=O)(=O)c3ccc(C)cc3)c3ccccc23)cc1. The van der Waals surface area contributed by atoms with E-state index in [1.165, 1.54) is 37.4 Å². The second-order valence-corrected chi connectivity index (χ2v) is 12.1. The Morgan fingerprint density at radius 3 is 1.89 bits per heavy atom. The third-order valence-electron chi connectivity index (χ3n) is 5.85. The molecule has 0 saturated carbocycles. The van der Waals surface area contributed by atoms with E-state index in [1.807, 2.05) is 6.92 Å². The van der Waals surface area contributed by atoms with Crippen LogP contribution in [0.3, 0.4) is 0 Å². The molecule has 1 atom stereocenters. The van der Waals surface area contributed by atoms with E-state index in [2.05, 4.69) is 9.71 Å². The number of carboxylic acids is 1. The number of nitrogens with one attached hydrogen (secondary N) is 1. The highest BCUT2D eigenvalue weighted by molar-refractivity contribution is 7.93. The minimum Gasteiger partial charge on any atom is -0.480 e. The summed E-state index contributed by atoms with van der Waals surface area (Å²) in [5, 5.41) is 10.4. The van der Waals surface area contributed by atoms with E-state index < -0.39 is 32.1 Å². The van der Waals surface area contributed by atoms with Gasteiger partial charge in [-0.2, -0.15) is 0 Å². The lowest BCUT2D eigenvalue weighted by Crippen LogP contribution is -2.44. The normalized spacial score (nSPS) is 12.7. The van der Waals surface area contributed by atoms with E-state index in [0.717, 1.165) is 15.4 Å². The van der Waals surface area contributed by atoms with Crippen LogP contribution in [0.2, 0.25) is 0 Å². The highest BCUT2D eigenvalue weighted by Gasteiger charge is 2.35. The summed E-state index contributed by atoms with van der Waals surface area (Å²) in [6.45, 7) is 4.90. The molecule has 1 heterocycles. The number of pyridine rings is 1. The molecule has 0 amide bonds. The molecule has 3 aromatic carbocycles. The van der Waals surface area contributed by atoms with E-state index in [1.54, 1.807) is 55.5 Å². The van der Waals surface area contributed by atoms with Crippen molar-refractivity contribution in [2.75, 3.05) is 9.03 Å². The third-order valence-corrected chi connectivity index (χ3v) is 9.10. The second kappa shape index (κ2) is 9.83. The predicted octanol–water partition coefficient (Wildman–Crippen LogP) is 4.32. The Kier molecular flexibility index (Phi) is 6.94. The molecule has 0 radical (unpaired) electrons. The summed E-state index contributed by atoms with van der Waals surface area (Å²) in [6.07, 6.45) is 1.19. The molecule has 0 spiro atoms. The summed E-state index contributed by atoms with van der Waals surface area (Å²) in [6, 6.07) is 17.3. The zero-order chi connectivity index (χ0) is 27.0. The van der Waals surface area contributed by atoms with Gasteiger partial charge in [-0.05, 0) is 45.0 Å². The molecule has 2 N–H and O–H groups in total. The smallest absolute Gasteiger partial charge is 0.327 e. The fraction of sp³-hybridized carbons (Fsp3) is 0.154. The van der Waals surface area contributed by atoms with Crippen molar-refractivity contribution in [3.63, 3.8) is 0 Å².